The number of nitro groups is 1. The second-order valence-corrected chi connectivity index (χ2v) is 3.75. The van der Waals surface area contributed by atoms with Crippen molar-refractivity contribution in [2.24, 2.45) is 0 Å². The van der Waals surface area contributed by atoms with Gasteiger partial charge in [-0.15, -0.1) is 0 Å². The number of benzene rings is 1. The summed E-state index contributed by atoms with van der Waals surface area (Å²) in [6.07, 6.45) is 0. The molecule has 0 saturated carbocycles. The molecular formula is C11H13FN2O5. The van der Waals surface area contributed by atoms with Gasteiger partial charge in [-0.2, -0.15) is 0 Å². The lowest BCUT2D eigenvalue weighted by atomic mass is 10.2. The van der Waals surface area contributed by atoms with Gasteiger partial charge in [-0.3, -0.25) is 10.1 Å². The van der Waals surface area contributed by atoms with Crippen LogP contribution in [0, 0.1) is 22.9 Å². The molecule has 1 aromatic carbocycles. The van der Waals surface area contributed by atoms with E-state index in [4.69, 9.17) is 9.84 Å². The second-order valence-electron chi connectivity index (χ2n) is 3.75. The summed E-state index contributed by atoms with van der Waals surface area (Å²) in [6.45, 7) is 1.30. The zero-order chi connectivity index (χ0) is 14.4. The van der Waals surface area contributed by atoms with Gasteiger partial charge >= 0.3 is 5.97 Å². The minimum absolute atomic E-state index is 0.0693. The number of halogens is 1. The number of aliphatic carboxylic acids is 1. The molecule has 0 fully saturated rings. The van der Waals surface area contributed by atoms with Crippen molar-refractivity contribution in [3.8, 4) is 0 Å². The largest absolute Gasteiger partial charge is 0.480 e. The number of anilines is 1. The fourth-order valence-corrected chi connectivity index (χ4v) is 1.38. The number of nitro benzene ring substituents is 1. The van der Waals surface area contributed by atoms with Gasteiger partial charge in [0, 0.05) is 6.54 Å². The van der Waals surface area contributed by atoms with Crippen molar-refractivity contribution >= 4 is 17.3 Å². The smallest absolute Gasteiger partial charge is 0.329 e. The lowest BCUT2D eigenvalue weighted by Gasteiger charge is -2.08. The Morgan fingerprint density at radius 3 is 2.84 bits per heavy atom. The lowest BCUT2D eigenvalue weighted by Crippen LogP contribution is -2.14. The molecule has 0 amide bonds. The van der Waals surface area contributed by atoms with E-state index < -0.39 is 23.3 Å². The first kappa shape index (κ1) is 14.8. The Bertz CT molecular complexity index is 492. The monoisotopic (exact) mass is 272 g/mol. The molecule has 0 atom stereocenters. The molecule has 7 nitrogen and oxygen atoms in total. The Kier molecular flexibility index (Phi) is 5.19. The number of carboxylic acid groups (broad SMARTS) is 1. The molecular weight excluding hydrogens is 259 g/mol. The van der Waals surface area contributed by atoms with Crippen molar-refractivity contribution < 1.29 is 24.0 Å². The Hall–Kier alpha value is -2.22. The molecule has 1 rings (SSSR count). The molecule has 19 heavy (non-hydrogen) atoms. The molecule has 0 unspecified atom stereocenters. The van der Waals surface area contributed by atoms with Crippen LogP contribution in [0.15, 0.2) is 12.1 Å². The van der Waals surface area contributed by atoms with E-state index in [2.05, 4.69) is 5.32 Å². The highest BCUT2D eigenvalue weighted by Gasteiger charge is 2.16. The number of aryl methyl sites for hydroxylation is 1. The normalized spacial score (nSPS) is 10.2. The van der Waals surface area contributed by atoms with Crippen LogP contribution >= 0.6 is 0 Å². The van der Waals surface area contributed by atoms with Gasteiger partial charge in [0.25, 0.3) is 5.69 Å². The summed E-state index contributed by atoms with van der Waals surface area (Å²) < 4.78 is 18.0. The molecule has 0 aliphatic rings. The van der Waals surface area contributed by atoms with Gasteiger partial charge in [-0.25, -0.2) is 9.18 Å². The van der Waals surface area contributed by atoms with Crippen LogP contribution in [0.25, 0.3) is 0 Å². The van der Waals surface area contributed by atoms with Crippen LogP contribution in [-0.2, 0) is 9.53 Å². The number of nitrogens with zero attached hydrogens (tertiary/aromatic N) is 1. The summed E-state index contributed by atoms with van der Waals surface area (Å²) in [5.41, 5.74) is 0.0729. The quantitative estimate of drug-likeness (QED) is 0.443. The topological polar surface area (TPSA) is 102 Å². The molecule has 2 N–H and O–H groups in total. The Balaban J connectivity index is 2.64. The first-order chi connectivity index (χ1) is 8.91. The van der Waals surface area contributed by atoms with E-state index in [1.807, 2.05) is 0 Å². The van der Waals surface area contributed by atoms with Crippen LogP contribution in [0.2, 0.25) is 0 Å². The van der Waals surface area contributed by atoms with Gasteiger partial charge in [0.05, 0.1) is 17.6 Å². The van der Waals surface area contributed by atoms with E-state index in [9.17, 15) is 19.3 Å². The predicted octanol–water partition coefficient (Wildman–Crippen LogP) is 1.56. The van der Waals surface area contributed by atoms with Crippen LogP contribution in [0.3, 0.4) is 0 Å². The first-order valence-electron chi connectivity index (χ1n) is 5.39. The first-order valence-corrected chi connectivity index (χ1v) is 5.39. The summed E-state index contributed by atoms with van der Waals surface area (Å²) in [5, 5.41) is 21.8. The van der Waals surface area contributed by atoms with Gasteiger partial charge in [0.2, 0.25) is 0 Å². The maximum atomic E-state index is 13.2. The number of nitrogens with one attached hydrogen (secondary N) is 1. The number of hydrogen-bond acceptors (Lipinski definition) is 5. The van der Waals surface area contributed by atoms with Gasteiger partial charge in [0.1, 0.15) is 18.1 Å². The summed E-state index contributed by atoms with van der Waals surface area (Å²) in [7, 11) is 0. The Morgan fingerprint density at radius 2 is 2.26 bits per heavy atom. The SMILES string of the molecule is Cc1cc(NCCOCC(=O)O)c([N+](=O)[O-])cc1F. The molecule has 104 valence electrons. The Labute approximate surface area is 108 Å². The third-order valence-corrected chi connectivity index (χ3v) is 2.26. The summed E-state index contributed by atoms with van der Waals surface area (Å²) in [6, 6.07) is 2.17. The molecule has 1 aromatic rings. The molecule has 0 saturated heterocycles. The van der Waals surface area contributed by atoms with E-state index in [0.29, 0.717) is 0 Å². The zero-order valence-corrected chi connectivity index (χ0v) is 10.2. The van der Waals surface area contributed by atoms with Gasteiger partial charge < -0.3 is 15.2 Å². The average molecular weight is 272 g/mol. The average Bonchev–Trinajstić information content (AvgIpc) is 2.32. The third kappa shape index (κ3) is 4.51. The fourth-order valence-electron chi connectivity index (χ4n) is 1.38. The molecule has 0 spiro atoms. The maximum absolute atomic E-state index is 13.2. The highest BCUT2D eigenvalue weighted by atomic mass is 19.1. The van der Waals surface area contributed by atoms with Crippen molar-refractivity contribution in [2.45, 2.75) is 6.92 Å². The van der Waals surface area contributed by atoms with Crippen LogP contribution in [-0.4, -0.2) is 35.8 Å². The lowest BCUT2D eigenvalue weighted by molar-refractivity contribution is -0.384. The standard InChI is InChI=1S/C11H13FN2O5/c1-7-4-9(10(14(17)18)5-8(7)12)13-2-3-19-6-11(15)16/h4-5,13H,2-3,6H2,1H3,(H,15,16). The van der Waals surface area contributed by atoms with E-state index in [0.717, 1.165) is 6.07 Å². The molecule has 0 aliphatic carbocycles. The summed E-state index contributed by atoms with van der Waals surface area (Å²) in [5.74, 6) is -1.75. The van der Waals surface area contributed by atoms with E-state index in [1.165, 1.54) is 13.0 Å². The molecule has 0 aromatic heterocycles. The van der Waals surface area contributed by atoms with Crippen molar-refractivity contribution in [1.82, 2.24) is 0 Å². The molecule has 8 heteroatoms. The van der Waals surface area contributed by atoms with Crippen LogP contribution in [0.1, 0.15) is 5.56 Å². The minimum atomic E-state index is -1.09. The van der Waals surface area contributed by atoms with Crippen molar-refractivity contribution in [3.05, 3.63) is 33.6 Å². The molecule has 0 radical (unpaired) electrons. The van der Waals surface area contributed by atoms with E-state index >= 15 is 0 Å². The number of ether oxygens (including phenoxy) is 1. The van der Waals surface area contributed by atoms with Crippen LogP contribution in [0.5, 0.6) is 0 Å². The van der Waals surface area contributed by atoms with Crippen molar-refractivity contribution in [3.63, 3.8) is 0 Å². The zero-order valence-electron chi connectivity index (χ0n) is 10.2. The molecule has 0 aliphatic heterocycles. The maximum Gasteiger partial charge on any atom is 0.329 e. The number of carboxylic acids is 1. The number of hydrogen-bond donors (Lipinski definition) is 2. The van der Waals surface area contributed by atoms with E-state index in [-0.39, 0.29) is 30.1 Å². The van der Waals surface area contributed by atoms with Gasteiger partial charge in [-0.05, 0) is 18.6 Å². The molecule has 0 heterocycles. The number of carbonyl (C=O) groups is 1. The summed E-state index contributed by atoms with van der Waals surface area (Å²) >= 11 is 0. The number of rotatable bonds is 7. The van der Waals surface area contributed by atoms with Crippen molar-refractivity contribution in [2.75, 3.05) is 25.1 Å². The minimum Gasteiger partial charge on any atom is -0.480 e. The Morgan fingerprint density at radius 1 is 1.58 bits per heavy atom. The second kappa shape index (κ2) is 6.64. The highest BCUT2D eigenvalue weighted by molar-refractivity contribution is 5.68. The van der Waals surface area contributed by atoms with Crippen molar-refractivity contribution in [1.29, 1.82) is 0 Å². The van der Waals surface area contributed by atoms with Gasteiger partial charge in [0.15, 0.2) is 0 Å². The van der Waals surface area contributed by atoms with Gasteiger partial charge in [-0.1, -0.05) is 0 Å². The summed E-state index contributed by atoms with van der Waals surface area (Å²) in [4.78, 5) is 20.2. The van der Waals surface area contributed by atoms with E-state index in [1.54, 1.807) is 0 Å². The third-order valence-electron chi connectivity index (χ3n) is 2.26. The molecule has 0 bridgehead atoms. The fraction of sp³-hybridized carbons (Fsp3) is 0.364. The predicted molar refractivity (Wildman–Crippen MR) is 64.7 cm³/mol. The van der Waals surface area contributed by atoms with Crippen LogP contribution in [0.4, 0.5) is 15.8 Å². The van der Waals surface area contributed by atoms with Crippen LogP contribution < -0.4 is 5.32 Å². The highest BCUT2D eigenvalue weighted by Crippen LogP contribution is 2.27.